The standard InChI is InChI=1S/C26H33ClFN5O5S/c1-32(2)10-11-37-24(34)38-16-25(8-4-9-25)31-22-21-20(7-12-39(21)35)29-23(30-22)33-14-26(15-33,36-3)17-5-6-18(27)19(28)13-17/h5-6,13H,4,7-12,14-16H2,1-3H3,(H,29,30,31)/t39-/m1/s1. The average Bonchev–Trinajstić information content (AvgIpc) is 3.23. The van der Waals surface area contributed by atoms with Crippen molar-refractivity contribution < 1.29 is 27.6 Å². The Labute approximate surface area is 234 Å². The van der Waals surface area contributed by atoms with E-state index < -0.39 is 33.9 Å². The number of benzene rings is 1. The molecule has 0 bridgehead atoms. The fourth-order valence-corrected chi connectivity index (χ4v) is 6.46. The van der Waals surface area contributed by atoms with Crippen molar-refractivity contribution in [3.8, 4) is 0 Å². The molecule has 1 saturated heterocycles. The van der Waals surface area contributed by atoms with Crippen LogP contribution >= 0.6 is 11.6 Å². The van der Waals surface area contributed by atoms with Crippen LogP contribution in [0, 0.1) is 5.82 Å². The number of aryl methyl sites for hydroxylation is 1. The minimum atomic E-state index is -1.22. The summed E-state index contributed by atoms with van der Waals surface area (Å²) in [6.07, 6.45) is 2.39. The molecule has 13 heteroatoms. The predicted molar refractivity (Wildman–Crippen MR) is 145 cm³/mol. The van der Waals surface area contributed by atoms with Crippen molar-refractivity contribution >= 4 is 40.3 Å². The molecule has 1 aromatic carbocycles. The number of halogens is 2. The Morgan fingerprint density at radius 2 is 2.03 bits per heavy atom. The molecule has 2 fully saturated rings. The van der Waals surface area contributed by atoms with E-state index in [9.17, 15) is 13.4 Å². The molecule has 5 rings (SSSR count). The van der Waals surface area contributed by atoms with E-state index in [4.69, 9.17) is 35.8 Å². The maximum Gasteiger partial charge on any atom is 0.508 e. The van der Waals surface area contributed by atoms with Gasteiger partial charge in [-0.2, -0.15) is 4.98 Å². The van der Waals surface area contributed by atoms with Gasteiger partial charge in [0.2, 0.25) is 5.95 Å². The third-order valence-corrected chi connectivity index (χ3v) is 9.37. The highest BCUT2D eigenvalue weighted by atomic mass is 35.5. The van der Waals surface area contributed by atoms with E-state index in [-0.39, 0.29) is 18.2 Å². The second-order valence-corrected chi connectivity index (χ2v) is 12.5. The van der Waals surface area contributed by atoms with E-state index in [1.54, 1.807) is 13.2 Å². The predicted octanol–water partition coefficient (Wildman–Crippen LogP) is 3.34. The van der Waals surface area contributed by atoms with Crippen molar-refractivity contribution in [1.29, 1.82) is 0 Å². The van der Waals surface area contributed by atoms with E-state index in [0.717, 1.165) is 25.0 Å². The van der Waals surface area contributed by atoms with Gasteiger partial charge in [-0.05, 0) is 51.1 Å². The molecule has 0 amide bonds. The minimum absolute atomic E-state index is 0.0579. The van der Waals surface area contributed by atoms with Crippen LogP contribution in [0.15, 0.2) is 23.1 Å². The molecular weight excluding hydrogens is 549 g/mol. The van der Waals surface area contributed by atoms with Crippen LogP contribution in [0.2, 0.25) is 5.02 Å². The summed E-state index contributed by atoms with van der Waals surface area (Å²) in [5, 5.41) is 3.53. The number of ether oxygens (including phenoxy) is 3. The third-order valence-electron chi connectivity index (χ3n) is 7.61. The Balaban J connectivity index is 1.32. The van der Waals surface area contributed by atoms with Gasteiger partial charge in [-0.25, -0.2) is 14.2 Å². The second kappa shape index (κ2) is 11.1. The van der Waals surface area contributed by atoms with Gasteiger partial charge < -0.3 is 29.3 Å². The fourth-order valence-electron chi connectivity index (χ4n) is 5.04. The number of aromatic nitrogens is 2. The van der Waals surface area contributed by atoms with Crippen LogP contribution in [-0.2, 0) is 37.0 Å². The van der Waals surface area contributed by atoms with E-state index >= 15 is 0 Å². The Morgan fingerprint density at radius 3 is 2.67 bits per heavy atom. The van der Waals surface area contributed by atoms with Crippen molar-refractivity contribution in [2.24, 2.45) is 0 Å². The number of rotatable bonds is 10. The van der Waals surface area contributed by atoms with Gasteiger partial charge in [0.25, 0.3) is 0 Å². The van der Waals surface area contributed by atoms with Gasteiger partial charge in [0.15, 0.2) is 0 Å². The summed E-state index contributed by atoms with van der Waals surface area (Å²) < 4.78 is 43.5. The Kier molecular flexibility index (Phi) is 8.01. The number of carbonyl (C=O) groups excluding carboxylic acids is 1. The first-order valence-electron chi connectivity index (χ1n) is 12.9. The molecular formula is C26H33ClFN5O5S. The van der Waals surface area contributed by atoms with E-state index in [0.29, 0.717) is 54.0 Å². The highest BCUT2D eigenvalue weighted by Gasteiger charge is 2.47. The molecule has 0 radical (unpaired) electrons. The van der Waals surface area contributed by atoms with Crippen molar-refractivity contribution in [2.45, 2.75) is 41.7 Å². The Bertz CT molecular complexity index is 1270. The average molecular weight is 582 g/mol. The summed E-state index contributed by atoms with van der Waals surface area (Å²) in [7, 11) is 4.16. The lowest BCUT2D eigenvalue weighted by Gasteiger charge is -2.49. The number of methoxy groups -OCH3 is 1. The molecule has 1 atom stereocenters. The summed E-state index contributed by atoms with van der Waals surface area (Å²) in [6, 6.07) is 4.68. The fraction of sp³-hybridized carbons (Fsp3) is 0.577. The zero-order chi connectivity index (χ0) is 27.8. The summed E-state index contributed by atoms with van der Waals surface area (Å²) >= 11 is 5.87. The molecule has 212 valence electrons. The highest BCUT2D eigenvalue weighted by Crippen LogP contribution is 2.42. The Morgan fingerprint density at radius 1 is 1.26 bits per heavy atom. The molecule has 39 heavy (non-hydrogen) atoms. The first-order valence-corrected chi connectivity index (χ1v) is 14.6. The van der Waals surface area contributed by atoms with Gasteiger partial charge in [0, 0.05) is 25.8 Å². The first kappa shape index (κ1) is 28.0. The maximum absolute atomic E-state index is 14.2. The zero-order valence-electron chi connectivity index (χ0n) is 22.3. The molecule has 1 aromatic heterocycles. The first-order chi connectivity index (χ1) is 18.6. The van der Waals surface area contributed by atoms with Crippen LogP contribution in [0.4, 0.5) is 21.0 Å². The van der Waals surface area contributed by atoms with Crippen LogP contribution in [0.5, 0.6) is 0 Å². The molecule has 0 spiro atoms. The van der Waals surface area contributed by atoms with Crippen LogP contribution in [0.1, 0.15) is 30.5 Å². The van der Waals surface area contributed by atoms with E-state index in [2.05, 4.69) is 5.32 Å². The minimum Gasteiger partial charge on any atom is -0.433 e. The third kappa shape index (κ3) is 5.70. The number of hydrogen-bond donors (Lipinski definition) is 1. The lowest BCUT2D eigenvalue weighted by molar-refractivity contribution is -0.0392. The SMILES string of the molecule is COC1(c2ccc(Cl)c(F)c2)CN(c2nc3c(c(NC4(COC(=O)OCCN(C)C)CCC4)n2)[S@](=O)CC3)C1. The van der Waals surface area contributed by atoms with Gasteiger partial charge >= 0.3 is 6.16 Å². The summed E-state index contributed by atoms with van der Waals surface area (Å²) in [4.78, 5) is 26.1. The van der Waals surface area contributed by atoms with E-state index in [1.165, 1.54) is 12.1 Å². The molecule has 10 nitrogen and oxygen atoms in total. The number of fused-ring (bicyclic) bond motifs is 1. The number of likely N-dealkylation sites (N-methyl/N-ethyl adjacent to an activating group) is 1. The smallest absolute Gasteiger partial charge is 0.433 e. The van der Waals surface area contributed by atoms with Crippen LogP contribution in [0.3, 0.4) is 0 Å². The van der Waals surface area contributed by atoms with Crippen molar-refractivity contribution in [2.75, 3.05) is 70.0 Å². The Hall–Kier alpha value is -2.54. The number of nitrogens with zero attached hydrogens (tertiary/aromatic N) is 4. The number of anilines is 2. The molecule has 1 saturated carbocycles. The highest BCUT2D eigenvalue weighted by molar-refractivity contribution is 7.85. The lowest BCUT2D eigenvalue weighted by atomic mass is 9.77. The number of hydrogen-bond acceptors (Lipinski definition) is 10. The summed E-state index contributed by atoms with van der Waals surface area (Å²) in [6.45, 7) is 1.80. The second-order valence-electron chi connectivity index (χ2n) is 10.6. The van der Waals surface area contributed by atoms with Crippen molar-refractivity contribution in [1.82, 2.24) is 14.9 Å². The summed E-state index contributed by atoms with van der Waals surface area (Å²) in [5.74, 6) is 0.968. The molecule has 3 heterocycles. The van der Waals surface area contributed by atoms with Crippen molar-refractivity contribution in [3.05, 3.63) is 40.3 Å². The quantitative estimate of drug-likeness (QED) is 0.420. The summed E-state index contributed by atoms with van der Waals surface area (Å²) in [5.41, 5.74) is 0.192. The topological polar surface area (TPSA) is 106 Å². The van der Waals surface area contributed by atoms with Crippen LogP contribution in [-0.4, -0.2) is 90.6 Å². The normalized spacial score (nSPS) is 20.7. The van der Waals surface area contributed by atoms with Gasteiger partial charge in [0.1, 0.15) is 35.3 Å². The van der Waals surface area contributed by atoms with Gasteiger partial charge in [-0.3, -0.25) is 4.21 Å². The largest absolute Gasteiger partial charge is 0.508 e. The molecule has 1 N–H and O–H groups in total. The monoisotopic (exact) mass is 581 g/mol. The van der Waals surface area contributed by atoms with Crippen LogP contribution < -0.4 is 10.2 Å². The molecule has 2 aromatic rings. The van der Waals surface area contributed by atoms with Gasteiger partial charge in [-0.1, -0.05) is 17.7 Å². The van der Waals surface area contributed by atoms with Crippen molar-refractivity contribution in [3.63, 3.8) is 0 Å². The molecule has 3 aliphatic rings. The lowest BCUT2D eigenvalue weighted by Crippen LogP contribution is -2.61. The molecule has 2 aliphatic heterocycles. The molecule has 1 aliphatic carbocycles. The number of nitrogens with one attached hydrogen (secondary N) is 1. The van der Waals surface area contributed by atoms with Gasteiger partial charge in [-0.15, -0.1) is 0 Å². The van der Waals surface area contributed by atoms with Gasteiger partial charge in [0.05, 0.1) is 40.1 Å². The molecule has 0 unspecified atom stereocenters. The van der Waals surface area contributed by atoms with Crippen LogP contribution in [0.25, 0.3) is 0 Å². The zero-order valence-corrected chi connectivity index (χ0v) is 23.9. The van der Waals surface area contributed by atoms with E-state index in [1.807, 2.05) is 23.9 Å². The number of carbonyl (C=O) groups is 1. The maximum atomic E-state index is 14.2.